The second-order valence-electron chi connectivity index (χ2n) is 11.1. The van der Waals surface area contributed by atoms with Crippen molar-refractivity contribution in [2.24, 2.45) is 0 Å². The number of hydrogen-bond donors (Lipinski definition) is 1. The Morgan fingerprint density at radius 2 is 1.90 bits per heavy atom. The first-order chi connectivity index (χ1) is 19.6. The Morgan fingerprint density at radius 3 is 2.61 bits per heavy atom. The van der Waals surface area contributed by atoms with Gasteiger partial charge in [0.2, 0.25) is 5.88 Å². The molecule has 8 nitrogen and oxygen atoms in total. The average molecular weight is 581 g/mol. The largest absolute Gasteiger partial charge is 0.478 e. The van der Waals surface area contributed by atoms with Gasteiger partial charge in [0.05, 0.1) is 35.3 Å². The van der Waals surface area contributed by atoms with E-state index in [2.05, 4.69) is 9.47 Å². The predicted molar refractivity (Wildman–Crippen MR) is 155 cm³/mol. The molecule has 1 saturated heterocycles. The maximum absolute atomic E-state index is 14.1. The summed E-state index contributed by atoms with van der Waals surface area (Å²) in [6.45, 7) is 7.01. The van der Waals surface area contributed by atoms with Gasteiger partial charge in [0.25, 0.3) is 0 Å². The molecule has 3 heterocycles. The van der Waals surface area contributed by atoms with Crippen molar-refractivity contribution in [1.82, 2.24) is 19.4 Å². The molecule has 1 fully saturated rings. The van der Waals surface area contributed by atoms with E-state index < -0.39 is 17.4 Å². The van der Waals surface area contributed by atoms with E-state index in [1.165, 1.54) is 6.07 Å². The lowest BCUT2D eigenvalue weighted by molar-refractivity contribution is 0.00790. The fraction of sp³-hybridized carbons (Fsp3) is 0.387. The number of ether oxygens (including phenoxy) is 2. The third-order valence-corrected chi connectivity index (χ3v) is 7.91. The van der Waals surface area contributed by atoms with Crippen molar-refractivity contribution < 1.29 is 23.8 Å². The van der Waals surface area contributed by atoms with E-state index in [0.29, 0.717) is 29.6 Å². The lowest BCUT2D eigenvalue weighted by Gasteiger charge is -2.32. The van der Waals surface area contributed by atoms with Crippen LogP contribution in [0.5, 0.6) is 5.88 Å². The molecule has 0 bridgehead atoms. The highest BCUT2D eigenvalue weighted by molar-refractivity contribution is 6.30. The van der Waals surface area contributed by atoms with Gasteiger partial charge in [0.1, 0.15) is 18.2 Å². The van der Waals surface area contributed by atoms with Gasteiger partial charge in [-0.05, 0) is 76.2 Å². The number of hydrogen-bond acceptors (Lipinski definition) is 6. The van der Waals surface area contributed by atoms with E-state index in [1.54, 1.807) is 43.5 Å². The topological polar surface area (TPSA) is 89.7 Å². The van der Waals surface area contributed by atoms with Crippen molar-refractivity contribution in [3.63, 3.8) is 0 Å². The Balaban J connectivity index is 1.26. The second kappa shape index (κ2) is 12.1. The highest BCUT2D eigenvalue weighted by atomic mass is 35.5. The molecule has 0 aliphatic carbocycles. The van der Waals surface area contributed by atoms with Crippen LogP contribution >= 0.6 is 11.6 Å². The van der Waals surface area contributed by atoms with Gasteiger partial charge in [-0.3, -0.25) is 4.90 Å². The normalized spacial score (nSPS) is 15.0. The fourth-order valence-electron chi connectivity index (χ4n) is 5.16. The SMILES string of the molecule is COC(C)(C)Cn1c(CN2CCC(c3cccc(OCc4ccc(Cl)cc4F)n3)CC2)nc2ccc(C(=O)O)cc21. The second-order valence-corrected chi connectivity index (χ2v) is 11.5. The molecule has 5 rings (SSSR count). The smallest absolute Gasteiger partial charge is 0.335 e. The van der Waals surface area contributed by atoms with Crippen LogP contribution in [0.4, 0.5) is 4.39 Å². The number of fused-ring (bicyclic) bond motifs is 1. The first-order valence-corrected chi connectivity index (χ1v) is 14.0. The quantitative estimate of drug-likeness (QED) is 0.235. The van der Waals surface area contributed by atoms with Crippen molar-refractivity contribution in [2.45, 2.75) is 57.9 Å². The van der Waals surface area contributed by atoms with Gasteiger partial charge >= 0.3 is 5.97 Å². The zero-order chi connectivity index (χ0) is 29.1. The monoisotopic (exact) mass is 580 g/mol. The van der Waals surface area contributed by atoms with Crippen LogP contribution in [0, 0.1) is 5.82 Å². The van der Waals surface area contributed by atoms with E-state index in [1.807, 2.05) is 26.0 Å². The summed E-state index contributed by atoms with van der Waals surface area (Å²) in [4.78, 5) is 23.6. The summed E-state index contributed by atoms with van der Waals surface area (Å²) in [7, 11) is 1.68. The van der Waals surface area contributed by atoms with Crippen molar-refractivity contribution in [3.05, 3.63) is 88.1 Å². The number of carboxylic acids is 1. The zero-order valence-electron chi connectivity index (χ0n) is 23.4. The number of aromatic nitrogens is 3. The van der Waals surface area contributed by atoms with Crippen LogP contribution in [0.25, 0.3) is 11.0 Å². The summed E-state index contributed by atoms with van der Waals surface area (Å²) in [6.07, 6.45) is 1.85. The zero-order valence-corrected chi connectivity index (χ0v) is 24.2. The minimum absolute atomic E-state index is 0.0761. The summed E-state index contributed by atoms with van der Waals surface area (Å²) in [5, 5.41) is 9.87. The van der Waals surface area contributed by atoms with E-state index in [0.717, 1.165) is 48.5 Å². The highest BCUT2D eigenvalue weighted by Crippen LogP contribution is 2.30. The number of imidazole rings is 1. The molecule has 4 aromatic rings. The molecule has 0 spiro atoms. The minimum Gasteiger partial charge on any atom is -0.478 e. The summed E-state index contributed by atoms with van der Waals surface area (Å²) in [5.74, 6) is 0.271. The van der Waals surface area contributed by atoms with E-state index >= 15 is 0 Å². The first kappa shape index (κ1) is 29.0. The van der Waals surface area contributed by atoms with Crippen molar-refractivity contribution in [1.29, 1.82) is 0 Å². The van der Waals surface area contributed by atoms with Crippen LogP contribution in [-0.4, -0.2) is 56.3 Å². The maximum Gasteiger partial charge on any atom is 0.335 e. The molecule has 41 heavy (non-hydrogen) atoms. The molecule has 0 unspecified atom stereocenters. The Kier molecular flexibility index (Phi) is 8.58. The molecule has 1 aliphatic heterocycles. The Bertz CT molecular complexity index is 1550. The van der Waals surface area contributed by atoms with Crippen molar-refractivity contribution in [2.75, 3.05) is 20.2 Å². The number of carbonyl (C=O) groups is 1. The number of rotatable bonds is 10. The summed E-state index contributed by atoms with van der Waals surface area (Å²) in [5.41, 5.74) is 2.74. The summed E-state index contributed by atoms with van der Waals surface area (Å²) < 4.78 is 27.7. The van der Waals surface area contributed by atoms with Crippen LogP contribution in [0.3, 0.4) is 0 Å². The number of piperidine rings is 1. The fourth-order valence-corrected chi connectivity index (χ4v) is 5.32. The predicted octanol–water partition coefficient (Wildman–Crippen LogP) is 6.31. The number of benzene rings is 2. The minimum atomic E-state index is -0.963. The molecule has 2 aromatic carbocycles. The summed E-state index contributed by atoms with van der Waals surface area (Å²) in [6, 6.07) is 15.3. The van der Waals surface area contributed by atoms with Crippen LogP contribution in [0.2, 0.25) is 5.02 Å². The number of methoxy groups -OCH3 is 1. The molecule has 10 heteroatoms. The standard InChI is InChI=1S/C31H34ClFN4O4/c1-31(2,40-3)19-37-27-15-21(30(38)39)8-10-26(27)34-28(37)17-36-13-11-20(12-14-36)25-5-4-6-29(35-25)41-18-22-7-9-23(32)16-24(22)33/h4-10,15-16,20H,11-14,17-19H2,1-3H3,(H,38,39). The van der Waals surface area contributed by atoms with E-state index in [9.17, 15) is 14.3 Å². The molecule has 1 aliphatic rings. The van der Waals surface area contributed by atoms with Gasteiger partial charge in [-0.1, -0.05) is 23.7 Å². The van der Waals surface area contributed by atoms with Gasteiger partial charge < -0.3 is 19.1 Å². The Hall–Kier alpha value is -3.53. The number of nitrogens with zero attached hydrogens (tertiary/aromatic N) is 4. The number of pyridine rings is 1. The van der Waals surface area contributed by atoms with E-state index in [-0.39, 0.29) is 18.1 Å². The van der Waals surface area contributed by atoms with Crippen LogP contribution < -0.4 is 4.74 Å². The van der Waals surface area contributed by atoms with Gasteiger partial charge in [0.15, 0.2) is 0 Å². The van der Waals surface area contributed by atoms with Gasteiger partial charge in [-0.25, -0.2) is 19.2 Å². The molecule has 216 valence electrons. The number of likely N-dealkylation sites (tertiary alicyclic amines) is 1. The maximum atomic E-state index is 14.1. The molecular weight excluding hydrogens is 547 g/mol. The van der Waals surface area contributed by atoms with Crippen LogP contribution in [0.1, 0.15) is 60.0 Å². The summed E-state index contributed by atoms with van der Waals surface area (Å²) >= 11 is 5.84. The molecule has 2 aromatic heterocycles. The molecule has 0 radical (unpaired) electrons. The lowest BCUT2D eigenvalue weighted by Crippen LogP contribution is -2.35. The van der Waals surface area contributed by atoms with Gasteiger partial charge in [-0.2, -0.15) is 0 Å². The Labute approximate surface area is 243 Å². The number of halogens is 2. The number of carboxylic acid groups (broad SMARTS) is 1. The average Bonchev–Trinajstić information content (AvgIpc) is 3.28. The molecular formula is C31H34ClFN4O4. The lowest BCUT2D eigenvalue weighted by atomic mass is 9.93. The molecule has 0 amide bonds. The molecule has 0 saturated carbocycles. The third kappa shape index (κ3) is 6.86. The molecule has 1 N–H and O–H groups in total. The van der Waals surface area contributed by atoms with Crippen molar-refractivity contribution in [3.8, 4) is 5.88 Å². The van der Waals surface area contributed by atoms with Gasteiger partial charge in [-0.15, -0.1) is 0 Å². The van der Waals surface area contributed by atoms with E-state index in [4.69, 9.17) is 31.0 Å². The highest BCUT2D eigenvalue weighted by Gasteiger charge is 2.26. The van der Waals surface area contributed by atoms with Crippen molar-refractivity contribution >= 4 is 28.6 Å². The van der Waals surface area contributed by atoms with Gasteiger partial charge in [0, 0.05) is 35.4 Å². The van der Waals surface area contributed by atoms with Crippen LogP contribution in [-0.2, 0) is 24.4 Å². The Morgan fingerprint density at radius 1 is 1.12 bits per heavy atom. The number of aromatic carboxylic acids is 1. The van der Waals surface area contributed by atoms with Crippen LogP contribution in [0.15, 0.2) is 54.6 Å². The molecule has 0 atom stereocenters. The first-order valence-electron chi connectivity index (χ1n) is 13.7. The third-order valence-electron chi connectivity index (χ3n) is 7.67.